The Bertz CT molecular complexity index is 1100. The molecule has 3 amide bonds. The third-order valence-corrected chi connectivity index (χ3v) is 5.14. The van der Waals surface area contributed by atoms with E-state index in [-0.39, 0.29) is 24.1 Å². The summed E-state index contributed by atoms with van der Waals surface area (Å²) >= 11 is 0. The average Bonchev–Trinajstić information content (AvgIpc) is 2.76. The Morgan fingerprint density at radius 3 is 2.53 bits per heavy atom. The molecule has 1 aliphatic heterocycles. The van der Waals surface area contributed by atoms with Crippen molar-refractivity contribution in [2.24, 2.45) is 5.73 Å². The molecular formula is C21H30N8O7. The first-order valence-electron chi connectivity index (χ1n) is 10.9. The number of aromatic nitrogens is 2. The second kappa shape index (κ2) is 12.4. The van der Waals surface area contributed by atoms with Crippen molar-refractivity contribution >= 4 is 35.5 Å². The molecule has 0 radical (unpaired) electrons. The minimum atomic E-state index is -1.52. The lowest BCUT2D eigenvalue weighted by atomic mass is 10.1. The highest BCUT2D eigenvalue weighted by molar-refractivity contribution is 5.87. The molecule has 0 fully saturated rings. The van der Waals surface area contributed by atoms with Gasteiger partial charge in [-0.2, -0.15) is 4.98 Å². The molecule has 2 rings (SSSR count). The van der Waals surface area contributed by atoms with Crippen molar-refractivity contribution in [2.45, 2.75) is 51.1 Å². The lowest BCUT2D eigenvalue weighted by Crippen LogP contribution is -2.51. The van der Waals surface area contributed by atoms with Crippen LogP contribution in [0.3, 0.4) is 0 Å². The number of anilines is 1. The fraction of sp³-hybridized carbons (Fsp3) is 0.476. The van der Waals surface area contributed by atoms with Gasteiger partial charge in [0.05, 0.1) is 6.04 Å². The van der Waals surface area contributed by atoms with E-state index in [2.05, 4.69) is 20.9 Å². The highest BCUT2D eigenvalue weighted by Crippen LogP contribution is 2.21. The number of guanidine groups is 1. The number of carbonyl (C=O) groups excluding carboxylic acids is 3. The Labute approximate surface area is 206 Å². The van der Waals surface area contributed by atoms with Crippen molar-refractivity contribution in [1.29, 1.82) is 5.41 Å². The molecule has 1 aliphatic rings. The van der Waals surface area contributed by atoms with Crippen LogP contribution in [-0.4, -0.2) is 81.0 Å². The third-order valence-electron chi connectivity index (χ3n) is 5.14. The van der Waals surface area contributed by atoms with Gasteiger partial charge in [0.15, 0.2) is 18.3 Å². The lowest BCUT2D eigenvalue weighted by Gasteiger charge is -2.31. The Morgan fingerprint density at radius 2 is 1.97 bits per heavy atom. The molecule has 4 atom stereocenters. The maximum absolute atomic E-state index is 12.7. The number of ether oxygens (including phenoxy) is 1. The fourth-order valence-corrected chi connectivity index (χ4v) is 3.40. The summed E-state index contributed by atoms with van der Waals surface area (Å²) in [5.41, 5.74) is 4.62. The Hall–Kier alpha value is -4.27. The molecule has 0 saturated heterocycles. The van der Waals surface area contributed by atoms with Crippen LogP contribution in [0, 0.1) is 5.41 Å². The van der Waals surface area contributed by atoms with Gasteiger partial charge in [-0.1, -0.05) is 6.08 Å². The number of nitrogens with one attached hydrogen (secondary N) is 4. The summed E-state index contributed by atoms with van der Waals surface area (Å²) in [6.07, 6.45) is 1.63. The first-order chi connectivity index (χ1) is 16.9. The Morgan fingerprint density at radius 1 is 1.28 bits per heavy atom. The van der Waals surface area contributed by atoms with E-state index in [0.29, 0.717) is 13.0 Å². The molecule has 36 heavy (non-hydrogen) atoms. The largest absolute Gasteiger partial charge is 0.479 e. The predicted octanol–water partition coefficient (Wildman–Crippen LogP) is -1.67. The molecule has 7 N–H and O–H groups in total. The zero-order valence-corrected chi connectivity index (χ0v) is 20.1. The second-order valence-electron chi connectivity index (χ2n) is 8.14. The maximum atomic E-state index is 12.7. The van der Waals surface area contributed by atoms with Gasteiger partial charge in [-0.15, -0.1) is 0 Å². The van der Waals surface area contributed by atoms with Gasteiger partial charge in [0, 0.05) is 46.1 Å². The van der Waals surface area contributed by atoms with Crippen molar-refractivity contribution in [3.8, 4) is 0 Å². The number of carbonyl (C=O) groups is 4. The average molecular weight is 507 g/mol. The molecule has 15 heteroatoms. The first-order valence-corrected chi connectivity index (χ1v) is 10.9. The summed E-state index contributed by atoms with van der Waals surface area (Å²) < 4.78 is 6.58. The number of hydrogen-bond acceptors (Lipinski definition) is 8. The standard InChI is InChI=1S/C21H30N8O7/c1-11(30)24-13(6-8-28(3)20(22)23)10-16(32)26-14-4-5-17(36-18(14)19(33)34)29-9-7-15(25-12(2)31)27-21(29)35/h4-5,7,9,13-14,17-18H,6,8,10H2,1-3H3,(H3,22,23)(H,24,30)(H,26,32)(H,33,34)(H,25,27,31,35)/t13-,14-,17+,18-/m0/s1. The number of nitrogens with two attached hydrogens (primary N) is 1. The van der Waals surface area contributed by atoms with E-state index in [1.165, 1.54) is 43.2 Å². The van der Waals surface area contributed by atoms with Crippen LogP contribution >= 0.6 is 0 Å². The smallest absolute Gasteiger partial charge is 0.351 e. The predicted molar refractivity (Wildman–Crippen MR) is 127 cm³/mol. The Balaban J connectivity index is 2.11. The summed E-state index contributed by atoms with van der Waals surface area (Å²) in [6, 6.07) is -0.276. The molecule has 0 unspecified atom stereocenters. The van der Waals surface area contributed by atoms with E-state index in [4.69, 9.17) is 15.9 Å². The quantitative estimate of drug-likeness (QED) is 0.120. The van der Waals surface area contributed by atoms with Crippen molar-refractivity contribution in [2.75, 3.05) is 18.9 Å². The molecule has 1 aromatic heterocycles. The number of carboxylic acids is 1. The maximum Gasteiger partial charge on any atom is 0.351 e. The van der Waals surface area contributed by atoms with Crippen molar-refractivity contribution in [3.63, 3.8) is 0 Å². The first kappa shape index (κ1) is 28.0. The van der Waals surface area contributed by atoms with Crippen LogP contribution in [0.15, 0.2) is 29.2 Å². The van der Waals surface area contributed by atoms with Crippen molar-refractivity contribution < 1.29 is 29.0 Å². The molecule has 0 saturated carbocycles. The van der Waals surface area contributed by atoms with Crippen LogP contribution in [0.2, 0.25) is 0 Å². The van der Waals surface area contributed by atoms with Crippen LogP contribution < -0.4 is 27.4 Å². The van der Waals surface area contributed by atoms with Gasteiger partial charge in [-0.05, 0) is 18.6 Å². The minimum Gasteiger partial charge on any atom is -0.479 e. The van der Waals surface area contributed by atoms with Gasteiger partial charge >= 0.3 is 11.7 Å². The molecule has 0 aromatic carbocycles. The number of nitrogens with zero attached hydrogens (tertiary/aromatic N) is 3. The normalized spacial score (nSPS) is 19.6. The van der Waals surface area contributed by atoms with Crippen LogP contribution in [0.5, 0.6) is 0 Å². The number of aliphatic carboxylic acids is 1. The minimum absolute atomic E-state index is 0.0340. The van der Waals surface area contributed by atoms with Gasteiger partial charge < -0.3 is 36.4 Å². The van der Waals surface area contributed by atoms with Gasteiger partial charge in [-0.25, -0.2) is 9.59 Å². The zero-order chi connectivity index (χ0) is 27.0. The molecule has 15 nitrogen and oxygen atoms in total. The van der Waals surface area contributed by atoms with E-state index >= 15 is 0 Å². The molecule has 1 aromatic rings. The monoisotopic (exact) mass is 506 g/mol. The number of carboxylic acid groups (broad SMARTS) is 1. The fourth-order valence-electron chi connectivity index (χ4n) is 3.40. The third kappa shape index (κ3) is 8.19. The highest BCUT2D eigenvalue weighted by atomic mass is 16.5. The van der Waals surface area contributed by atoms with Crippen LogP contribution in [-0.2, 0) is 23.9 Å². The molecule has 2 heterocycles. The zero-order valence-electron chi connectivity index (χ0n) is 20.1. The van der Waals surface area contributed by atoms with E-state index in [1.54, 1.807) is 7.05 Å². The molecule has 0 spiro atoms. The van der Waals surface area contributed by atoms with Crippen molar-refractivity contribution in [3.05, 3.63) is 34.9 Å². The lowest BCUT2D eigenvalue weighted by molar-refractivity contribution is -0.159. The van der Waals surface area contributed by atoms with E-state index < -0.39 is 47.9 Å². The molecule has 0 aliphatic carbocycles. The van der Waals surface area contributed by atoms with Crippen LogP contribution in [0.4, 0.5) is 5.82 Å². The van der Waals surface area contributed by atoms with Crippen LogP contribution in [0.25, 0.3) is 0 Å². The molecular weight excluding hydrogens is 476 g/mol. The molecule has 0 bridgehead atoms. The number of rotatable bonds is 10. The summed E-state index contributed by atoms with van der Waals surface area (Å²) in [5, 5.41) is 24.6. The summed E-state index contributed by atoms with van der Waals surface area (Å²) in [4.78, 5) is 64.6. The van der Waals surface area contributed by atoms with E-state index in [0.717, 1.165) is 4.57 Å². The topological polar surface area (TPSA) is 222 Å². The van der Waals surface area contributed by atoms with Crippen molar-refractivity contribution in [1.82, 2.24) is 25.1 Å². The summed E-state index contributed by atoms with van der Waals surface area (Å²) in [7, 11) is 1.60. The van der Waals surface area contributed by atoms with Crippen LogP contribution in [0.1, 0.15) is 32.9 Å². The highest BCUT2D eigenvalue weighted by Gasteiger charge is 2.35. The summed E-state index contributed by atoms with van der Waals surface area (Å²) in [6.45, 7) is 2.87. The van der Waals surface area contributed by atoms with Gasteiger partial charge in [-0.3, -0.25) is 24.4 Å². The van der Waals surface area contributed by atoms with Gasteiger partial charge in [0.25, 0.3) is 0 Å². The van der Waals surface area contributed by atoms with Gasteiger partial charge in [0.2, 0.25) is 17.7 Å². The SMILES string of the molecule is CC(=O)Nc1ccn([C@H]2C=C[C@H](NC(=O)C[C@H](CCN(C)C(=N)N)NC(C)=O)[C@@H](C(=O)O)O2)c(=O)n1. The number of hydrogen-bond donors (Lipinski definition) is 6. The molecule has 196 valence electrons. The van der Waals surface area contributed by atoms with E-state index in [9.17, 15) is 29.1 Å². The summed E-state index contributed by atoms with van der Waals surface area (Å²) in [5.74, 6) is -2.80. The second-order valence-corrected chi connectivity index (χ2v) is 8.14. The van der Waals surface area contributed by atoms with E-state index in [1.807, 2.05) is 0 Å². The Kier molecular flexibility index (Phi) is 9.66. The van der Waals surface area contributed by atoms with Gasteiger partial charge in [0.1, 0.15) is 5.82 Å². The number of amides is 3.